The Hall–Kier alpha value is -0.520. The van der Waals surface area contributed by atoms with Crippen LogP contribution in [0.25, 0.3) is 0 Å². The van der Waals surface area contributed by atoms with E-state index in [0.29, 0.717) is 19.4 Å². The molecule has 0 bridgehead atoms. The van der Waals surface area contributed by atoms with Crippen LogP contribution in [0.5, 0.6) is 0 Å². The van der Waals surface area contributed by atoms with Crippen molar-refractivity contribution in [2.45, 2.75) is 37.9 Å². The fraction of sp³-hybridized carbons (Fsp3) is 0.778. The molecule has 1 N–H and O–H groups in total. The quantitative estimate of drug-likeness (QED) is 0.600. The fourth-order valence-corrected chi connectivity index (χ4v) is 1.39. The van der Waals surface area contributed by atoms with Crippen molar-refractivity contribution in [2.24, 2.45) is 0 Å². The Morgan fingerprint density at radius 3 is 3.00 bits per heavy atom. The predicted molar refractivity (Wildman–Crippen MR) is 43.0 cm³/mol. The van der Waals surface area contributed by atoms with Crippen molar-refractivity contribution < 1.29 is 9.84 Å². The molecule has 1 saturated heterocycles. The lowest BCUT2D eigenvalue weighted by Gasteiger charge is -2.24. The standard InChI is InChI=1S/C9H14O2/c1-3-4-5-9(10)6-7-11-8(9)2/h1,8,10H,4-7H2,2H3. The molecule has 11 heavy (non-hydrogen) atoms. The number of aliphatic hydroxyl groups is 1. The Morgan fingerprint density at radius 2 is 2.55 bits per heavy atom. The van der Waals surface area contributed by atoms with Gasteiger partial charge in [-0.2, -0.15) is 0 Å². The van der Waals surface area contributed by atoms with Crippen molar-refractivity contribution in [1.82, 2.24) is 0 Å². The molecule has 62 valence electrons. The average Bonchev–Trinajstić information content (AvgIpc) is 2.30. The number of ether oxygens (including phenoxy) is 1. The number of rotatable bonds is 2. The zero-order valence-corrected chi connectivity index (χ0v) is 6.84. The van der Waals surface area contributed by atoms with Crippen molar-refractivity contribution in [1.29, 1.82) is 0 Å². The normalized spacial score (nSPS) is 37.0. The highest BCUT2D eigenvalue weighted by Crippen LogP contribution is 2.29. The number of hydrogen-bond donors (Lipinski definition) is 1. The zero-order valence-electron chi connectivity index (χ0n) is 6.84. The van der Waals surface area contributed by atoms with Crippen LogP contribution in [0.3, 0.4) is 0 Å². The van der Waals surface area contributed by atoms with Crippen LogP contribution < -0.4 is 0 Å². The van der Waals surface area contributed by atoms with Gasteiger partial charge in [0.15, 0.2) is 0 Å². The van der Waals surface area contributed by atoms with Gasteiger partial charge >= 0.3 is 0 Å². The smallest absolute Gasteiger partial charge is 0.0936 e. The molecule has 0 spiro atoms. The summed E-state index contributed by atoms with van der Waals surface area (Å²) in [7, 11) is 0. The molecule has 0 amide bonds. The van der Waals surface area contributed by atoms with Gasteiger partial charge in [-0.3, -0.25) is 0 Å². The lowest BCUT2D eigenvalue weighted by Crippen LogP contribution is -2.35. The van der Waals surface area contributed by atoms with E-state index < -0.39 is 5.60 Å². The van der Waals surface area contributed by atoms with E-state index in [4.69, 9.17) is 11.2 Å². The third-order valence-corrected chi connectivity index (χ3v) is 2.36. The Kier molecular flexibility index (Phi) is 2.53. The highest BCUT2D eigenvalue weighted by atomic mass is 16.5. The second-order valence-corrected chi connectivity index (χ2v) is 3.07. The molecule has 1 aliphatic heterocycles. The van der Waals surface area contributed by atoms with E-state index in [2.05, 4.69) is 5.92 Å². The second-order valence-electron chi connectivity index (χ2n) is 3.07. The van der Waals surface area contributed by atoms with Gasteiger partial charge in [0.2, 0.25) is 0 Å². The Balaban J connectivity index is 2.45. The summed E-state index contributed by atoms with van der Waals surface area (Å²) in [5.74, 6) is 2.52. The summed E-state index contributed by atoms with van der Waals surface area (Å²) in [6.45, 7) is 2.55. The molecular formula is C9H14O2. The van der Waals surface area contributed by atoms with Crippen LogP contribution in [0.4, 0.5) is 0 Å². The molecule has 2 unspecified atom stereocenters. The minimum atomic E-state index is -0.660. The molecule has 1 rings (SSSR count). The molecular weight excluding hydrogens is 140 g/mol. The maximum Gasteiger partial charge on any atom is 0.0936 e. The first kappa shape index (κ1) is 8.58. The van der Waals surface area contributed by atoms with E-state index in [1.54, 1.807) is 0 Å². The molecule has 0 aliphatic carbocycles. The van der Waals surface area contributed by atoms with Crippen molar-refractivity contribution in [2.75, 3.05) is 6.61 Å². The monoisotopic (exact) mass is 154 g/mol. The Labute approximate surface area is 67.6 Å². The SMILES string of the molecule is C#CCCC1(O)CCOC1C. The molecule has 0 aromatic heterocycles. The molecule has 2 atom stereocenters. The molecule has 2 heteroatoms. The lowest BCUT2D eigenvalue weighted by atomic mass is 9.91. The molecule has 1 aliphatic rings. The van der Waals surface area contributed by atoms with Crippen molar-refractivity contribution >= 4 is 0 Å². The summed E-state index contributed by atoms with van der Waals surface area (Å²) in [5.41, 5.74) is -0.660. The summed E-state index contributed by atoms with van der Waals surface area (Å²) < 4.78 is 5.25. The zero-order chi connectivity index (χ0) is 8.32. The summed E-state index contributed by atoms with van der Waals surface area (Å²) in [6, 6.07) is 0. The van der Waals surface area contributed by atoms with E-state index in [1.807, 2.05) is 6.92 Å². The summed E-state index contributed by atoms with van der Waals surface area (Å²) in [5, 5.41) is 9.87. The molecule has 0 radical (unpaired) electrons. The van der Waals surface area contributed by atoms with Gasteiger partial charge in [0, 0.05) is 19.4 Å². The average molecular weight is 154 g/mol. The van der Waals surface area contributed by atoms with E-state index >= 15 is 0 Å². The van der Waals surface area contributed by atoms with Crippen molar-refractivity contribution in [3.05, 3.63) is 0 Å². The second kappa shape index (κ2) is 3.25. The molecule has 0 saturated carbocycles. The Bertz CT molecular complexity index is 171. The summed E-state index contributed by atoms with van der Waals surface area (Å²) >= 11 is 0. The van der Waals surface area contributed by atoms with Crippen LogP contribution in [0.15, 0.2) is 0 Å². The van der Waals surface area contributed by atoms with Gasteiger partial charge in [-0.05, 0) is 13.3 Å². The van der Waals surface area contributed by atoms with Gasteiger partial charge in [-0.15, -0.1) is 12.3 Å². The van der Waals surface area contributed by atoms with Gasteiger partial charge in [0.1, 0.15) is 0 Å². The summed E-state index contributed by atoms with van der Waals surface area (Å²) in [6.07, 6.45) is 7.05. The summed E-state index contributed by atoms with van der Waals surface area (Å²) in [4.78, 5) is 0. The van der Waals surface area contributed by atoms with Crippen LogP contribution in [0.1, 0.15) is 26.2 Å². The van der Waals surface area contributed by atoms with Crippen molar-refractivity contribution in [3.63, 3.8) is 0 Å². The fourth-order valence-electron chi connectivity index (χ4n) is 1.39. The first-order valence-corrected chi connectivity index (χ1v) is 3.96. The van der Waals surface area contributed by atoms with Gasteiger partial charge in [0.25, 0.3) is 0 Å². The van der Waals surface area contributed by atoms with Crippen LogP contribution in [0.2, 0.25) is 0 Å². The minimum absolute atomic E-state index is 0.0594. The number of hydrogen-bond acceptors (Lipinski definition) is 2. The van der Waals surface area contributed by atoms with E-state index in [1.165, 1.54) is 0 Å². The van der Waals surface area contributed by atoms with Gasteiger partial charge in [-0.25, -0.2) is 0 Å². The van der Waals surface area contributed by atoms with Gasteiger partial charge in [0.05, 0.1) is 11.7 Å². The number of terminal acetylenes is 1. The maximum absolute atomic E-state index is 9.87. The Morgan fingerprint density at radius 1 is 1.82 bits per heavy atom. The molecule has 1 fully saturated rings. The van der Waals surface area contributed by atoms with Crippen molar-refractivity contribution in [3.8, 4) is 12.3 Å². The predicted octanol–water partition coefficient (Wildman–Crippen LogP) is 0.940. The first-order chi connectivity index (χ1) is 5.19. The van der Waals surface area contributed by atoms with Crippen LogP contribution >= 0.6 is 0 Å². The largest absolute Gasteiger partial charge is 0.387 e. The third kappa shape index (κ3) is 1.74. The lowest BCUT2D eigenvalue weighted by molar-refractivity contribution is -0.0320. The van der Waals surface area contributed by atoms with Crippen LogP contribution in [-0.2, 0) is 4.74 Å². The van der Waals surface area contributed by atoms with E-state index in [0.717, 1.165) is 6.42 Å². The molecule has 0 aromatic rings. The van der Waals surface area contributed by atoms with E-state index in [-0.39, 0.29) is 6.10 Å². The highest BCUT2D eigenvalue weighted by Gasteiger charge is 2.38. The third-order valence-electron chi connectivity index (χ3n) is 2.36. The molecule has 0 aromatic carbocycles. The van der Waals surface area contributed by atoms with Gasteiger partial charge < -0.3 is 9.84 Å². The van der Waals surface area contributed by atoms with E-state index in [9.17, 15) is 5.11 Å². The van der Waals surface area contributed by atoms with Crippen LogP contribution in [-0.4, -0.2) is 23.4 Å². The topological polar surface area (TPSA) is 29.5 Å². The minimum Gasteiger partial charge on any atom is -0.387 e. The first-order valence-electron chi connectivity index (χ1n) is 3.96. The maximum atomic E-state index is 9.87. The van der Waals surface area contributed by atoms with Gasteiger partial charge in [-0.1, -0.05) is 0 Å². The highest BCUT2D eigenvalue weighted by molar-refractivity contribution is 4.94. The molecule has 2 nitrogen and oxygen atoms in total. The van der Waals surface area contributed by atoms with Crippen LogP contribution in [0, 0.1) is 12.3 Å². The molecule has 1 heterocycles.